The highest BCUT2D eigenvalue weighted by molar-refractivity contribution is 5.84. The third-order valence-electron chi connectivity index (χ3n) is 3.21. The molecule has 2 N–H and O–H groups in total. The zero-order chi connectivity index (χ0) is 15.5. The first kappa shape index (κ1) is 18.4. The molecule has 0 aromatic carbocycles. The number of esters is 1. The maximum atomic E-state index is 11.5. The lowest BCUT2D eigenvalue weighted by Crippen LogP contribution is -2.30. The van der Waals surface area contributed by atoms with Crippen molar-refractivity contribution in [2.24, 2.45) is 11.8 Å². The summed E-state index contributed by atoms with van der Waals surface area (Å²) in [4.78, 5) is 33.2. The average Bonchev–Trinajstić information content (AvgIpc) is 2.38. The van der Waals surface area contributed by atoms with Crippen molar-refractivity contribution in [2.75, 3.05) is 6.61 Å². The zero-order valence-electron chi connectivity index (χ0n) is 12.1. The predicted octanol–water partition coefficient (Wildman–Crippen LogP) is 2.31. The Labute approximate surface area is 119 Å². The van der Waals surface area contributed by atoms with E-state index < -0.39 is 36.2 Å². The molecule has 6 nitrogen and oxygen atoms in total. The van der Waals surface area contributed by atoms with Gasteiger partial charge in [-0.05, 0) is 6.42 Å². The second kappa shape index (κ2) is 10.2. The van der Waals surface area contributed by atoms with Crippen molar-refractivity contribution < 1.29 is 29.3 Å². The Hall–Kier alpha value is -1.59. The fraction of sp³-hybridized carbons (Fsp3) is 0.786. The molecule has 2 unspecified atom stereocenters. The van der Waals surface area contributed by atoms with Gasteiger partial charge >= 0.3 is 17.9 Å². The summed E-state index contributed by atoms with van der Waals surface area (Å²) in [5.41, 5.74) is 0. The molecule has 6 heteroatoms. The Morgan fingerprint density at radius 2 is 1.60 bits per heavy atom. The van der Waals surface area contributed by atoms with E-state index in [4.69, 9.17) is 14.9 Å². The van der Waals surface area contributed by atoms with Crippen molar-refractivity contribution in [3.05, 3.63) is 0 Å². The highest BCUT2D eigenvalue weighted by Gasteiger charge is 2.32. The number of hydrogen-bond donors (Lipinski definition) is 2. The first-order chi connectivity index (χ1) is 9.40. The number of ether oxygens (including phenoxy) is 1. The molecule has 0 bridgehead atoms. The van der Waals surface area contributed by atoms with Crippen LogP contribution in [0.3, 0.4) is 0 Å². The topological polar surface area (TPSA) is 101 Å². The summed E-state index contributed by atoms with van der Waals surface area (Å²) < 4.78 is 4.94. The molecule has 0 radical (unpaired) electrons. The zero-order valence-corrected chi connectivity index (χ0v) is 12.1. The summed E-state index contributed by atoms with van der Waals surface area (Å²) in [6.45, 7) is 3.64. The van der Waals surface area contributed by atoms with Crippen LogP contribution in [0.1, 0.15) is 52.4 Å². The van der Waals surface area contributed by atoms with Crippen LogP contribution >= 0.6 is 0 Å². The Bertz CT molecular complexity index is 326. The van der Waals surface area contributed by atoms with Crippen LogP contribution in [0.2, 0.25) is 0 Å². The van der Waals surface area contributed by atoms with E-state index in [2.05, 4.69) is 6.92 Å². The fourth-order valence-electron chi connectivity index (χ4n) is 1.78. The van der Waals surface area contributed by atoms with Gasteiger partial charge in [-0.1, -0.05) is 39.5 Å². The van der Waals surface area contributed by atoms with Crippen LogP contribution in [0.5, 0.6) is 0 Å². The molecular weight excluding hydrogens is 264 g/mol. The Kier molecular flexibility index (Phi) is 9.41. The van der Waals surface area contributed by atoms with Crippen molar-refractivity contribution in [3.63, 3.8) is 0 Å². The van der Waals surface area contributed by atoms with E-state index in [0.29, 0.717) is 0 Å². The minimum Gasteiger partial charge on any atom is -0.481 e. The number of carboxylic acids is 2. The van der Waals surface area contributed by atoms with Crippen LogP contribution in [0, 0.1) is 11.8 Å². The van der Waals surface area contributed by atoms with Crippen LogP contribution in [0.25, 0.3) is 0 Å². The van der Waals surface area contributed by atoms with E-state index in [9.17, 15) is 14.4 Å². The standard InChI is InChI=1S/C14H24O6/c1-3-4-5-6-7-8-20-12(15)9-11(14(18)19)10(2)13(16)17/h10-11H,3-9H2,1-2H3,(H,16,17)(H,18,19). The summed E-state index contributed by atoms with van der Waals surface area (Å²) >= 11 is 0. The van der Waals surface area contributed by atoms with Crippen molar-refractivity contribution in [1.82, 2.24) is 0 Å². The Morgan fingerprint density at radius 1 is 1.00 bits per heavy atom. The van der Waals surface area contributed by atoms with Crippen LogP contribution in [0.4, 0.5) is 0 Å². The first-order valence-corrected chi connectivity index (χ1v) is 7.01. The molecule has 0 spiro atoms. The summed E-state index contributed by atoms with van der Waals surface area (Å²) in [6, 6.07) is 0. The van der Waals surface area contributed by atoms with Gasteiger partial charge in [0.1, 0.15) is 0 Å². The molecule has 2 atom stereocenters. The SMILES string of the molecule is CCCCCCCOC(=O)CC(C(=O)O)C(C)C(=O)O. The predicted molar refractivity (Wildman–Crippen MR) is 72.3 cm³/mol. The molecule has 20 heavy (non-hydrogen) atoms. The summed E-state index contributed by atoms with van der Waals surface area (Å²) in [5, 5.41) is 17.7. The average molecular weight is 288 g/mol. The second-order valence-electron chi connectivity index (χ2n) is 4.91. The van der Waals surface area contributed by atoms with Gasteiger partial charge in [-0.2, -0.15) is 0 Å². The van der Waals surface area contributed by atoms with Gasteiger partial charge in [0.25, 0.3) is 0 Å². The van der Waals surface area contributed by atoms with E-state index >= 15 is 0 Å². The van der Waals surface area contributed by atoms with E-state index in [-0.39, 0.29) is 6.61 Å². The number of carbonyl (C=O) groups is 3. The number of carboxylic acid groups (broad SMARTS) is 2. The van der Waals surface area contributed by atoms with Crippen molar-refractivity contribution in [3.8, 4) is 0 Å². The molecule has 0 aromatic heterocycles. The monoisotopic (exact) mass is 288 g/mol. The number of unbranched alkanes of at least 4 members (excludes halogenated alkanes) is 4. The van der Waals surface area contributed by atoms with Crippen LogP contribution in [-0.4, -0.2) is 34.7 Å². The highest BCUT2D eigenvalue weighted by atomic mass is 16.5. The lowest BCUT2D eigenvalue weighted by Gasteiger charge is -2.15. The minimum atomic E-state index is -1.29. The fourth-order valence-corrected chi connectivity index (χ4v) is 1.78. The molecule has 0 fully saturated rings. The molecule has 0 saturated carbocycles. The number of carbonyl (C=O) groups excluding carboxylic acids is 1. The summed E-state index contributed by atoms with van der Waals surface area (Å²) in [7, 11) is 0. The molecule has 0 heterocycles. The molecule has 0 aliphatic rings. The van der Waals surface area contributed by atoms with Gasteiger partial charge < -0.3 is 14.9 Å². The van der Waals surface area contributed by atoms with Crippen LogP contribution in [-0.2, 0) is 19.1 Å². The van der Waals surface area contributed by atoms with Crippen molar-refractivity contribution in [1.29, 1.82) is 0 Å². The second-order valence-corrected chi connectivity index (χ2v) is 4.91. The molecule has 0 aromatic rings. The molecule has 0 saturated heterocycles. The quantitative estimate of drug-likeness (QED) is 0.447. The van der Waals surface area contributed by atoms with E-state index in [1.807, 2.05) is 0 Å². The van der Waals surface area contributed by atoms with Crippen molar-refractivity contribution >= 4 is 17.9 Å². The molecule has 0 aliphatic heterocycles. The highest BCUT2D eigenvalue weighted by Crippen LogP contribution is 2.17. The molecule has 0 aliphatic carbocycles. The van der Waals surface area contributed by atoms with E-state index in [0.717, 1.165) is 32.1 Å². The van der Waals surface area contributed by atoms with Gasteiger partial charge in [-0.25, -0.2) is 0 Å². The maximum absolute atomic E-state index is 11.5. The lowest BCUT2D eigenvalue weighted by molar-refractivity contribution is -0.158. The van der Waals surface area contributed by atoms with Crippen LogP contribution < -0.4 is 0 Å². The Balaban J connectivity index is 4.03. The smallest absolute Gasteiger partial charge is 0.307 e. The number of rotatable bonds is 11. The summed E-state index contributed by atoms with van der Waals surface area (Å²) in [5.74, 6) is -5.55. The van der Waals surface area contributed by atoms with Gasteiger partial charge in [-0.15, -0.1) is 0 Å². The molecule has 116 valence electrons. The van der Waals surface area contributed by atoms with Gasteiger partial charge in [0, 0.05) is 0 Å². The molecule has 0 rings (SSSR count). The first-order valence-electron chi connectivity index (χ1n) is 7.01. The Morgan fingerprint density at radius 3 is 2.10 bits per heavy atom. The van der Waals surface area contributed by atoms with Crippen molar-refractivity contribution in [2.45, 2.75) is 52.4 Å². The molecular formula is C14H24O6. The van der Waals surface area contributed by atoms with Gasteiger partial charge in [0.2, 0.25) is 0 Å². The minimum absolute atomic E-state index is 0.260. The van der Waals surface area contributed by atoms with E-state index in [1.165, 1.54) is 6.92 Å². The van der Waals surface area contributed by atoms with Crippen LogP contribution in [0.15, 0.2) is 0 Å². The normalized spacial score (nSPS) is 13.5. The maximum Gasteiger partial charge on any atom is 0.307 e. The number of aliphatic carboxylic acids is 2. The number of hydrogen-bond acceptors (Lipinski definition) is 4. The largest absolute Gasteiger partial charge is 0.481 e. The van der Waals surface area contributed by atoms with Gasteiger partial charge in [0.05, 0.1) is 24.9 Å². The summed E-state index contributed by atoms with van der Waals surface area (Å²) in [6.07, 6.45) is 4.67. The lowest BCUT2D eigenvalue weighted by atomic mass is 9.91. The molecule has 0 amide bonds. The van der Waals surface area contributed by atoms with Gasteiger partial charge in [0.15, 0.2) is 0 Å². The third kappa shape index (κ3) is 7.76. The third-order valence-corrected chi connectivity index (χ3v) is 3.21. The van der Waals surface area contributed by atoms with Gasteiger partial charge in [-0.3, -0.25) is 14.4 Å². The van der Waals surface area contributed by atoms with E-state index in [1.54, 1.807) is 0 Å².